The van der Waals surface area contributed by atoms with E-state index in [-0.39, 0.29) is 5.75 Å². The summed E-state index contributed by atoms with van der Waals surface area (Å²) in [5, 5.41) is 3.40. The van der Waals surface area contributed by atoms with Crippen LogP contribution in [0.5, 0.6) is 17.2 Å². The Morgan fingerprint density at radius 3 is 2.16 bits per heavy atom. The average molecular weight is 441 g/mol. The zero-order valence-corrected chi connectivity index (χ0v) is 17.6. The van der Waals surface area contributed by atoms with Crippen LogP contribution in [-0.4, -0.2) is 31.2 Å². The highest BCUT2D eigenvalue weighted by Crippen LogP contribution is 2.31. The zero-order chi connectivity index (χ0) is 22.7. The molecule has 0 aliphatic carbocycles. The molecule has 0 radical (unpaired) electrons. The lowest BCUT2D eigenvalue weighted by atomic mass is 10.1. The number of rotatable bonds is 6. The van der Waals surface area contributed by atoms with E-state index in [0.717, 1.165) is 29.2 Å². The summed E-state index contributed by atoms with van der Waals surface area (Å²) in [6, 6.07) is 19.0. The van der Waals surface area contributed by atoms with Crippen molar-refractivity contribution in [3.05, 3.63) is 77.9 Å². The molecule has 1 N–H and O–H groups in total. The van der Waals surface area contributed by atoms with Crippen LogP contribution in [0.15, 0.2) is 71.7 Å². The number of nitrogens with one attached hydrogen (secondary N) is 1. The number of alkyl halides is 3. The molecule has 1 aliphatic heterocycles. The lowest BCUT2D eigenvalue weighted by Crippen LogP contribution is -2.21. The van der Waals surface area contributed by atoms with Crippen LogP contribution in [0.1, 0.15) is 11.1 Å². The lowest BCUT2D eigenvalue weighted by molar-refractivity contribution is -0.274. The van der Waals surface area contributed by atoms with E-state index in [1.165, 1.54) is 29.8 Å². The van der Waals surface area contributed by atoms with Crippen molar-refractivity contribution in [2.75, 3.05) is 19.4 Å². The maximum absolute atomic E-state index is 12.2. The fourth-order valence-corrected chi connectivity index (χ4v) is 3.26. The molecule has 0 saturated heterocycles. The van der Waals surface area contributed by atoms with E-state index in [1.807, 2.05) is 43.3 Å². The summed E-state index contributed by atoms with van der Waals surface area (Å²) in [5.41, 5.74) is 4.27. The van der Waals surface area contributed by atoms with Gasteiger partial charge in [0, 0.05) is 32.7 Å². The van der Waals surface area contributed by atoms with Crippen molar-refractivity contribution in [3.63, 3.8) is 0 Å². The van der Waals surface area contributed by atoms with Crippen molar-refractivity contribution in [1.82, 2.24) is 4.90 Å². The minimum Gasteiger partial charge on any atom is -0.457 e. The maximum atomic E-state index is 12.2. The molecule has 0 bridgehead atoms. The van der Waals surface area contributed by atoms with Gasteiger partial charge in [-0.1, -0.05) is 18.2 Å². The smallest absolute Gasteiger partial charge is 0.457 e. The van der Waals surface area contributed by atoms with Crippen LogP contribution >= 0.6 is 0 Å². The summed E-state index contributed by atoms with van der Waals surface area (Å²) in [7, 11) is 3.99. The van der Waals surface area contributed by atoms with Crippen molar-refractivity contribution in [2.45, 2.75) is 19.3 Å². The molecule has 32 heavy (non-hydrogen) atoms. The number of fused-ring (bicyclic) bond motifs is 1. The summed E-state index contributed by atoms with van der Waals surface area (Å²) in [6.07, 6.45) is -3.86. The molecule has 3 aromatic rings. The van der Waals surface area contributed by atoms with Crippen molar-refractivity contribution in [2.24, 2.45) is 4.99 Å². The van der Waals surface area contributed by atoms with E-state index < -0.39 is 6.36 Å². The van der Waals surface area contributed by atoms with Crippen LogP contribution in [0.4, 0.5) is 24.5 Å². The number of nitrogens with zero attached hydrogens (tertiary/aromatic N) is 2. The Bertz CT molecular complexity index is 1110. The Morgan fingerprint density at radius 1 is 0.906 bits per heavy atom. The lowest BCUT2D eigenvalue weighted by Gasteiger charge is -2.11. The second-order valence-electron chi connectivity index (χ2n) is 7.56. The molecule has 0 unspecified atom stereocenters. The molecule has 0 atom stereocenters. The third-order valence-corrected chi connectivity index (χ3v) is 4.91. The van der Waals surface area contributed by atoms with E-state index in [2.05, 4.69) is 33.2 Å². The first-order chi connectivity index (χ1) is 15.2. The second kappa shape index (κ2) is 8.82. The molecule has 1 heterocycles. The zero-order valence-electron chi connectivity index (χ0n) is 17.6. The molecule has 0 fully saturated rings. The van der Waals surface area contributed by atoms with Gasteiger partial charge in [-0.05, 0) is 59.7 Å². The first kappa shape index (κ1) is 21.5. The molecule has 0 spiro atoms. The van der Waals surface area contributed by atoms with Gasteiger partial charge in [-0.15, -0.1) is 13.2 Å². The Labute approximate surface area is 184 Å². The Balaban J connectivity index is 1.32. The Kier molecular flexibility index (Phi) is 5.94. The third-order valence-electron chi connectivity index (χ3n) is 4.91. The molecular formula is C24H22F3N3O2. The van der Waals surface area contributed by atoms with Gasteiger partial charge in [-0.2, -0.15) is 0 Å². The van der Waals surface area contributed by atoms with Crippen molar-refractivity contribution < 1.29 is 22.6 Å². The number of ether oxygens (including phenoxy) is 2. The van der Waals surface area contributed by atoms with E-state index in [4.69, 9.17) is 4.74 Å². The molecule has 3 aromatic carbocycles. The fraction of sp³-hybridized carbons (Fsp3) is 0.208. The number of benzene rings is 3. The predicted octanol–water partition coefficient (Wildman–Crippen LogP) is 6.14. The minimum absolute atomic E-state index is 0.290. The molecular weight excluding hydrogens is 419 g/mol. The highest BCUT2D eigenvalue weighted by atomic mass is 19.4. The molecule has 0 saturated carbocycles. The van der Waals surface area contributed by atoms with E-state index in [9.17, 15) is 13.2 Å². The van der Waals surface area contributed by atoms with Crippen LogP contribution in [0.3, 0.4) is 0 Å². The summed E-state index contributed by atoms with van der Waals surface area (Å²) >= 11 is 0. The predicted molar refractivity (Wildman–Crippen MR) is 118 cm³/mol. The van der Waals surface area contributed by atoms with Crippen LogP contribution in [0.25, 0.3) is 0 Å². The number of anilines is 1. The van der Waals surface area contributed by atoms with Gasteiger partial charge in [-0.3, -0.25) is 0 Å². The first-order valence-corrected chi connectivity index (χ1v) is 9.99. The van der Waals surface area contributed by atoms with Gasteiger partial charge in [-0.25, -0.2) is 4.99 Å². The molecule has 166 valence electrons. The van der Waals surface area contributed by atoms with E-state index in [1.54, 1.807) is 0 Å². The Morgan fingerprint density at radius 2 is 1.53 bits per heavy atom. The van der Waals surface area contributed by atoms with Gasteiger partial charge in [0.25, 0.3) is 0 Å². The summed E-state index contributed by atoms with van der Waals surface area (Å²) in [4.78, 5) is 6.69. The van der Waals surface area contributed by atoms with E-state index in [0.29, 0.717) is 18.0 Å². The second-order valence-corrected chi connectivity index (χ2v) is 7.56. The van der Waals surface area contributed by atoms with Gasteiger partial charge >= 0.3 is 6.36 Å². The van der Waals surface area contributed by atoms with Crippen LogP contribution in [-0.2, 0) is 13.0 Å². The number of hydrogen-bond acceptors (Lipinski definition) is 5. The third kappa shape index (κ3) is 5.51. The number of aliphatic imine (C=N–C) groups is 1. The van der Waals surface area contributed by atoms with Gasteiger partial charge in [0.15, 0.2) is 0 Å². The molecule has 0 amide bonds. The van der Waals surface area contributed by atoms with Crippen molar-refractivity contribution in [1.29, 1.82) is 0 Å². The van der Waals surface area contributed by atoms with E-state index >= 15 is 0 Å². The normalized spacial score (nSPS) is 12.7. The summed E-state index contributed by atoms with van der Waals surface area (Å²) < 4.78 is 46.2. The van der Waals surface area contributed by atoms with Gasteiger partial charge in [0.1, 0.15) is 23.1 Å². The Hall–Kier alpha value is -3.68. The number of halogens is 3. The first-order valence-electron chi connectivity index (χ1n) is 9.99. The van der Waals surface area contributed by atoms with Crippen molar-refractivity contribution >= 4 is 17.2 Å². The van der Waals surface area contributed by atoms with Gasteiger partial charge in [0.2, 0.25) is 0 Å². The molecule has 0 aromatic heterocycles. The van der Waals surface area contributed by atoms with Crippen LogP contribution in [0, 0.1) is 0 Å². The highest BCUT2D eigenvalue weighted by molar-refractivity contribution is 5.92. The number of likely N-dealkylation sites (N-methyl/N-ethyl adjacent to an activating group) is 1. The SMILES string of the molecule is CN(C)C1=Nc2cc(NCc3ccc(Oc4ccc(OC(F)(F)F)cc4)cc3)ccc2C1. The molecule has 5 nitrogen and oxygen atoms in total. The van der Waals surface area contributed by atoms with Crippen LogP contribution < -0.4 is 14.8 Å². The number of hydrogen-bond donors (Lipinski definition) is 1. The molecule has 1 aliphatic rings. The standard InChI is InChI=1S/C24H22F3N3O2/c1-30(2)23-13-17-5-6-18(14-22(17)29-23)28-15-16-3-7-19(8-4-16)31-20-9-11-21(12-10-20)32-24(25,26)27/h3-12,14,28H,13,15H2,1-2H3. The maximum Gasteiger partial charge on any atom is 0.573 e. The highest BCUT2D eigenvalue weighted by Gasteiger charge is 2.31. The fourth-order valence-electron chi connectivity index (χ4n) is 3.26. The van der Waals surface area contributed by atoms with Gasteiger partial charge in [0.05, 0.1) is 5.69 Å². The quantitative estimate of drug-likeness (QED) is 0.499. The summed E-state index contributed by atoms with van der Waals surface area (Å²) in [6.45, 7) is 0.632. The topological polar surface area (TPSA) is 46.1 Å². The monoisotopic (exact) mass is 441 g/mol. The number of amidine groups is 1. The average Bonchev–Trinajstić information content (AvgIpc) is 3.17. The largest absolute Gasteiger partial charge is 0.573 e. The summed E-state index contributed by atoms with van der Waals surface area (Å²) in [5.74, 6) is 1.76. The molecule has 8 heteroatoms. The minimum atomic E-state index is -4.71. The van der Waals surface area contributed by atoms with Crippen LogP contribution in [0.2, 0.25) is 0 Å². The van der Waals surface area contributed by atoms with Gasteiger partial charge < -0.3 is 19.7 Å². The molecule has 4 rings (SSSR count). The van der Waals surface area contributed by atoms with Crippen molar-refractivity contribution in [3.8, 4) is 17.2 Å².